The van der Waals surface area contributed by atoms with E-state index in [1.807, 2.05) is 19.1 Å². The van der Waals surface area contributed by atoms with Gasteiger partial charge in [0.2, 0.25) is 0 Å². The van der Waals surface area contributed by atoms with Crippen LogP contribution in [0.1, 0.15) is 35.6 Å². The summed E-state index contributed by atoms with van der Waals surface area (Å²) in [5.41, 5.74) is 0.367. The van der Waals surface area contributed by atoms with Gasteiger partial charge in [-0.3, -0.25) is 4.79 Å². The minimum absolute atomic E-state index is 0.0538. The highest BCUT2D eigenvalue weighted by molar-refractivity contribution is 5.92. The lowest BCUT2D eigenvalue weighted by atomic mass is 10.1. The third-order valence-electron chi connectivity index (χ3n) is 3.66. The minimum Gasteiger partial charge on any atom is -0.469 e. The summed E-state index contributed by atoms with van der Waals surface area (Å²) in [6, 6.07) is 4.17. The largest absolute Gasteiger partial charge is 0.469 e. The maximum absolute atomic E-state index is 12.1. The summed E-state index contributed by atoms with van der Waals surface area (Å²) in [6.07, 6.45) is 4.99. The first kappa shape index (κ1) is 13.8. The van der Waals surface area contributed by atoms with Crippen molar-refractivity contribution in [3.8, 4) is 0 Å². The van der Waals surface area contributed by atoms with E-state index in [2.05, 4.69) is 20.9 Å². The number of hydrogen-bond donors (Lipinski definition) is 2. The number of aryl methyl sites for hydroxylation is 1. The Bertz CT molecular complexity index is 588. The van der Waals surface area contributed by atoms with Crippen LogP contribution in [0.2, 0.25) is 0 Å². The van der Waals surface area contributed by atoms with Crippen LogP contribution in [0.15, 0.2) is 29.0 Å². The first-order valence-corrected chi connectivity index (χ1v) is 7.18. The molecule has 3 heterocycles. The van der Waals surface area contributed by atoms with Gasteiger partial charge in [0.05, 0.1) is 18.5 Å². The van der Waals surface area contributed by atoms with Gasteiger partial charge in [0.15, 0.2) is 5.69 Å². The van der Waals surface area contributed by atoms with Crippen molar-refractivity contribution in [3.63, 3.8) is 0 Å². The summed E-state index contributed by atoms with van der Waals surface area (Å²) in [5, 5.41) is 14.0. The zero-order valence-corrected chi connectivity index (χ0v) is 12.0. The Hall–Kier alpha value is -2.15. The van der Waals surface area contributed by atoms with Crippen LogP contribution in [0.3, 0.4) is 0 Å². The van der Waals surface area contributed by atoms with Crippen molar-refractivity contribution >= 4 is 5.91 Å². The summed E-state index contributed by atoms with van der Waals surface area (Å²) >= 11 is 0. The molecule has 2 aromatic rings. The molecule has 1 aliphatic rings. The van der Waals surface area contributed by atoms with Crippen molar-refractivity contribution in [2.75, 3.05) is 13.1 Å². The van der Waals surface area contributed by atoms with Crippen LogP contribution in [-0.2, 0) is 6.42 Å². The van der Waals surface area contributed by atoms with Crippen molar-refractivity contribution in [2.45, 2.75) is 31.8 Å². The molecule has 1 fully saturated rings. The molecule has 7 nitrogen and oxygen atoms in total. The second-order valence-electron chi connectivity index (χ2n) is 5.39. The Balaban J connectivity index is 1.49. The van der Waals surface area contributed by atoms with E-state index in [0.29, 0.717) is 11.7 Å². The topological polar surface area (TPSA) is 85.0 Å². The molecule has 0 spiro atoms. The first-order valence-electron chi connectivity index (χ1n) is 7.18. The average molecular weight is 289 g/mol. The third kappa shape index (κ3) is 3.30. The molecule has 112 valence electrons. The molecule has 2 N–H and O–H groups in total. The van der Waals surface area contributed by atoms with Crippen LogP contribution >= 0.6 is 0 Å². The predicted molar refractivity (Wildman–Crippen MR) is 75.9 cm³/mol. The van der Waals surface area contributed by atoms with E-state index in [0.717, 1.165) is 31.7 Å². The van der Waals surface area contributed by atoms with E-state index in [-0.39, 0.29) is 11.9 Å². The molecule has 1 aliphatic heterocycles. The lowest BCUT2D eigenvalue weighted by Gasteiger charge is -2.26. The van der Waals surface area contributed by atoms with Crippen LogP contribution in [0, 0.1) is 0 Å². The molecule has 0 aromatic carbocycles. The molecule has 1 amide bonds. The van der Waals surface area contributed by atoms with E-state index in [1.165, 1.54) is 0 Å². The zero-order chi connectivity index (χ0) is 14.7. The normalized spacial score (nSPS) is 16.4. The molecule has 3 rings (SSSR count). The highest BCUT2D eigenvalue weighted by atomic mass is 16.3. The Kier molecular flexibility index (Phi) is 4.01. The Morgan fingerprint density at radius 1 is 1.62 bits per heavy atom. The number of carbonyl (C=O) groups is 1. The number of nitrogens with one attached hydrogen (secondary N) is 2. The highest BCUT2D eigenvalue weighted by Crippen LogP contribution is 2.10. The van der Waals surface area contributed by atoms with Crippen LogP contribution < -0.4 is 10.6 Å². The molecule has 0 saturated carbocycles. The molecular weight excluding hydrogens is 270 g/mol. The molecule has 0 bridgehead atoms. The number of aromatic nitrogens is 3. The maximum atomic E-state index is 12.1. The van der Waals surface area contributed by atoms with Gasteiger partial charge in [0, 0.05) is 25.6 Å². The number of amides is 1. The lowest BCUT2D eigenvalue weighted by molar-refractivity contribution is 0.0933. The van der Waals surface area contributed by atoms with Crippen molar-refractivity contribution in [1.82, 2.24) is 25.6 Å². The molecule has 1 atom stereocenters. The zero-order valence-electron chi connectivity index (χ0n) is 12.0. The highest BCUT2D eigenvalue weighted by Gasteiger charge is 2.22. The average Bonchev–Trinajstić information content (AvgIpc) is 3.05. The molecule has 21 heavy (non-hydrogen) atoms. The van der Waals surface area contributed by atoms with Crippen molar-refractivity contribution in [3.05, 3.63) is 36.0 Å². The lowest BCUT2D eigenvalue weighted by Crippen LogP contribution is -2.43. The van der Waals surface area contributed by atoms with Crippen molar-refractivity contribution < 1.29 is 9.21 Å². The monoisotopic (exact) mass is 289 g/mol. The summed E-state index contributed by atoms with van der Waals surface area (Å²) in [5.74, 6) is 0.750. The van der Waals surface area contributed by atoms with Gasteiger partial charge in [-0.1, -0.05) is 5.21 Å². The number of hydrogen-bond acceptors (Lipinski definition) is 5. The standard InChI is InChI=1S/C14H19N5O2/c1-10(4-5-12-3-2-6-21-12)16-14(20)13-9-19(18-17-13)11-7-15-8-11/h2-3,6,9-11,15H,4-5,7-8H2,1H3,(H,16,20). The van der Waals surface area contributed by atoms with Crippen molar-refractivity contribution in [2.24, 2.45) is 0 Å². The quantitative estimate of drug-likeness (QED) is 0.820. The molecule has 7 heteroatoms. The maximum Gasteiger partial charge on any atom is 0.273 e. The molecular formula is C14H19N5O2. The van der Waals surface area contributed by atoms with Crippen LogP contribution in [0.5, 0.6) is 0 Å². The van der Waals surface area contributed by atoms with E-state index in [9.17, 15) is 4.79 Å². The van der Waals surface area contributed by atoms with Gasteiger partial charge in [0.25, 0.3) is 5.91 Å². The van der Waals surface area contributed by atoms with Crippen LogP contribution in [0.25, 0.3) is 0 Å². The van der Waals surface area contributed by atoms with Gasteiger partial charge < -0.3 is 15.1 Å². The molecule has 1 unspecified atom stereocenters. The smallest absolute Gasteiger partial charge is 0.273 e. The number of carbonyl (C=O) groups excluding carboxylic acids is 1. The fourth-order valence-electron chi connectivity index (χ4n) is 2.20. The van der Waals surface area contributed by atoms with E-state index in [1.54, 1.807) is 17.1 Å². The van der Waals surface area contributed by atoms with Crippen LogP contribution in [-0.4, -0.2) is 40.0 Å². The van der Waals surface area contributed by atoms with Gasteiger partial charge in [0.1, 0.15) is 5.76 Å². The summed E-state index contributed by atoms with van der Waals surface area (Å²) in [4.78, 5) is 12.1. The van der Waals surface area contributed by atoms with Gasteiger partial charge in [-0.2, -0.15) is 0 Å². The Labute approximate surface area is 122 Å². The molecule has 1 saturated heterocycles. The van der Waals surface area contributed by atoms with E-state index >= 15 is 0 Å². The second kappa shape index (κ2) is 6.09. The number of nitrogens with zero attached hydrogens (tertiary/aromatic N) is 3. The second-order valence-corrected chi connectivity index (χ2v) is 5.39. The molecule has 0 aliphatic carbocycles. The summed E-state index contributed by atoms with van der Waals surface area (Å²) < 4.78 is 7.03. The van der Waals surface area contributed by atoms with E-state index in [4.69, 9.17) is 4.42 Å². The van der Waals surface area contributed by atoms with Gasteiger partial charge in [-0.15, -0.1) is 5.10 Å². The fraction of sp³-hybridized carbons (Fsp3) is 0.500. The van der Waals surface area contributed by atoms with Gasteiger partial charge in [-0.05, 0) is 25.5 Å². The van der Waals surface area contributed by atoms with Crippen LogP contribution in [0.4, 0.5) is 0 Å². The van der Waals surface area contributed by atoms with E-state index < -0.39 is 0 Å². The third-order valence-corrected chi connectivity index (χ3v) is 3.66. The van der Waals surface area contributed by atoms with Gasteiger partial charge in [-0.25, -0.2) is 4.68 Å². The Morgan fingerprint density at radius 2 is 2.48 bits per heavy atom. The fourth-order valence-corrected chi connectivity index (χ4v) is 2.20. The Morgan fingerprint density at radius 3 is 3.14 bits per heavy atom. The summed E-state index contributed by atoms with van der Waals surface area (Å²) in [6.45, 7) is 3.73. The SMILES string of the molecule is CC(CCc1ccco1)NC(=O)c1cn(C2CNC2)nn1. The minimum atomic E-state index is -0.180. The molecule has 0 radical (unpaired) electrons. The number of rotatable bonds is 6. The molecule has 2 aromatic heterocycles. The summed E-state index contributed by atoms with van der Waals surface area (Å²) in [7, 11) is 0. The van der Waals surface area contributed by atoms with Crippen molar-refractivity contribution in [1.29, 1.82) is 0 Å². The van der Waals surface area contributed by atoms with Gasteiger partial charge >= 0.3 is 0 Å². The first-order chi connectivity index (χ1) is 10.2. The predicted octanol–water partition coefficient (Wildman–Crippen LogP) is 0.766. The number of furan rings is 1.